The number of phenols is 1. The Morgan fingerprint density at radius 3 is 2.36 bits per heavy atom. The van der Waals surface area contributed by atoms with Crippen LogP contribution >= 0.6 is 11.8 Å². The number of phenolic OH excluding ortho intramolecular Hbond substituents is 1. The number of nitrogens with zero attached hydrogens (tertiary/aromatic N) is 1. The highest BCUT2D eigenvalue weighted by Gasteiger charge is 2.38. The average Bonchev–Trinajstić information content (AvgIpc) is 2.73. The van der Waals surface area contributed by atoms with Crippen LogP contribution < -0.4 is 10.1 Å². The lowest BCUT2D eigenvalue weighted by atomic mass is 10.1. The number of amides is 2. The maximum atomic E-state index is 12.9. The van der Waals surface area contributed by atoms with Gasteiger partial charge in [0.25, 0.3) is 15.1 Å². The van der Waals surface area contributed by atoms with Gasteiger partial charge in [-0.15, -0.1) is 0 Å². The zero-order valence-electron chi connectivity index (χ0n) is 17.3. The van der Waals surface area contributed by atoms with Crippen LogP contribution in [0.5, 0.6) is 17.2 Å². The Morgan fingerprint density at radius 2 is 1.76 bits per heavy atom. The van der Waals surface area contributed by atoms with Crippen LogP contribution in [0.2, 0.25) is 0 Å². The van der Waals surface area contributed by atoms with E-state index in [-0.39, 0.29) is 23.7 Å². The average molecular weight is 495 g/mol. The highest BCUT2D eigenvalue weighted by molar-refractivity contribution is 8.15. The zero-order valence-corrected chi connectivity index (χ0v) is 18.9. The lowest BCUT2D eigenvalue weighted by Gasteiger charge is -2.25. The van der Waals surface area contributed by atoms with Crippen molar-refractivity contribution >= 4 is 50.4 Å². The van der Waals surface area contributed by atoms with E-state index in [9.17, 15) is 32.7 Å². The number of sulfonamides is 1. The second-order valence-corrected chi connectivity index (χ2v) is 9.85. The molecule has 13 heteroatoms. The van der Waals surface area contributed by atoms with Gasteiger partial charge in [-0.25, -0.2) is 17.5 Å². The lowest BCUT2D eigenvalue weighted by molar-refractivity contribution is -0.147. The quantitative estimate of drug-likeness (QED) is 0.520. The number of nitrogens with one attached hydrogen (secondary N) is 1. The highest BCUT2D eigenvalue weighted by atomic mass is 32.2. The number of aromatic hydroxyl groups is 1. The predicted octanol–water partition coefficient (Wildman–Crippen LogP) is 1.62. The summed E-state index contributed by atoms with van der Waals surface area (Å²) in [6.07, 6.45) is 0. The van der Waals surface area contributed by atoms with Crippen molar-refractivity contribution in [3.63, 3.8) is 0 Å². The summed E-state index contributed by atoms with van der Waals surface area (Å²) in [5.74, 6) is -4.24. The number of benzene rings is 2. The lowest BCUT2D eigenvalue weighted by Crippen LogP contribution is -2.44. The fourth-order valence-electron chi connectivity index (χ4n) is 3.08. The number of ether oxygens (including phenoxy) is 1. The number of carboxylic acid groups (broad SMARTS) is 1. The van der Waals surface area contributed by atoms with Gasteiger partial charge in [0.05, 0.1) is 0 Å². The van der Waals surface area contributed by atoms with Gasteiger partial charge in [0.15, 0.2) is 0 Å². The third-order valence-corrected chi connectivity index (χ3v) is 7.20. The van der Waals surface area contributed by atoms with E-state index >= 15 is 0 Å². The van der Waals surface area contributed by atoms with E-state index in [1.165, 1.54) is 18.2 Å². The standard InChI is InChI=1S/C20H18N2O9S2/c1-10-7-12(21-17(24)19(26)27)8-11(2)16(10)31-13-3-4-14(23)15(9-13)33(29,30)22-5-6-32-20(28)18(22)25/h3-4,7-9,23H,5-6H2,1-2H3,(H,21,24)(H,26,27). The molecule has 2 amide bonds. The molecular weight excluding hydrogens is 476 g/mol. The van der Waals surface area contributed by atoms with E-state index in [1.54, 1.807) is 13.8 Å². The first kappa shape index (κ1) is 24.1. The van der Waals surface area contributed by atoms with E-state index < -0.39 is 43.6 Å². The molecule has 33 heavy (non-hydrogen) atoms. The molecule has 0 radical (unpaired) electrons. The number of aliphatic carboxylic acids is 1. The van der Waals surface area contributed by atoms with E-state index in [0.29, 0.717) is 21.2 Å². The molecule has 0 aromatic heterocycles. The fourth-order valence-corrected chi connectivity index (χ4v) is 5.42. The topological polar surface area (TPSA) is 167 Å². The van der Waals surface area contributed by atoms with Gasteiger partial charge in [-0.3, -0.25) is 14.4 Å². The third-order valence-electron chi connectivity index (χ3n) is 4.56. The van der Waals surface area contributed by atoms with Gasteiger partial charge in [-0.05, 0) is 49.2 Å². The van der Waals surface area contributed by atoms with E-state index in [4.69, 9.17) is 9.84 Å². The van der Waals surface area contributed by atoms with Gasteiger partial charge in [0, 0.05) is 24.1 Å². The van der Waals surface area contributed by atoms with Crippen molar-refractivity contribution in [2.24, 2.45) is 0 Å². The molecule has 3 rings (SSSR count). The molecule has 1 aliphatic rings. The van der Waals surface area contributed by atoms with Crippen LogP contribution in [0.15, 0.2) is 35.2 Å². The molecule has 0 aliphatic carbocycles. The number of hydrogen-bond donors (Lipinski definition) is 3. The SMILES string of the molecule is Cc1cc(NC(=O)C(=O)O)cc(C)c1Oc1ccc(O)c(S(=O)(=O)N2CCSC(=O)C2=O)c1. The van der Waals surface area contributed by atoms with Crippen molar-refractivity contribution in [1.82, 2.24) is 4.31 Å². The van der Waals surface area contributed by atoms with Crippen molar-refractivity contribution in [3.05, 3.63) is 41.5 Å². The molecule has 0 saturated carbocycles. The summed E-state index contributed by atoms with van der Waals surface area (Å²) < 4.78 is 32.1. The zero-order chi connectivity index (χ0) is 24.5. The molecule has 174 valence electrons. The molecule has 3 N–H and O–H groups in total. The largest absolute Gasteiger partial charge is 0.507 e. The van der Waals surface area contributed by atoms with Gasteiger partial charge in [-0.2, -0.15) is 0 Å². The minimum absolute atomic E-state index is 0.0186. The Balaban J connectivity index is 1.93. The summed E-state index contributed by atoms with van der Waals surface area (Å²) in [4.78, 5) is 45.2. The maximum Gasteiger partial charge on any atom is 0.394 e. The van der Waals surface area contributed by atoms with E-state index in [2.05, 4.69) is 5.32 Å². The molecule has 0 bridgehead atoms. The maximum absolute atomic E-state index is 12.9. The Morgan fingerprint density at radius 1 is 1.12 bits per heavy atom. The van der Waals surface area contributed by atoms with Crippen molar-refractivity contribution in [2.45, 2.75) is 18.7 Å². The molecular formula is C20H18N2O9S2. The summed E-state index contributed by atoms with van der Waals surface area (Å²) in [6, 6.07) is 6.36. The third kappa shape index (κ3) is 4.93. The summed E-state index contributed by atoms with van der Waals surface area (Å²) in [5.41, 5.74) is 1.23. The van der Waals surface area contributed by atoms with E-state index in [1.807, 2.05) is 0 Å². The number of carboxylic acids is 1. The Kier molecular flexibility index (Phi) is 6.65. The number of rotatable bonds is 5. The first-order valence-corrected chi connectivity index (χ1v) is 11.7. The summed E-state index contributed by atoms with van der Waals surface area (Å²) in [7, 11) is -4.52. The highest BCUT2D eigenvalue weighted by Crippen LogP contribution is 2.36. The molecule has 2 aromatic carbocycles. The fraction of sp³-hybridized carbons (Fsp3) is 0.200. The van der Waals surface area contributed by atoms with Crippen LogP contribution in [-0.2, 0) is 29.2 Å². The van der Waals surface area contributed by atoms with E-state index in [0.717, 1.165) is 23.9 Å². The Labute approximate surface area is 192 Å². The number of anilines is 1. The number of carbonyl (C=O) groups is 4. The van der Waals surface area contributed by atoms with Crippen LogP contribution in [0.4, 0.5) is 5.69 Å². The van der Waals surface area contributed by atoms with Crippen molar-refractivity contribution in [1.29, 1.82) is 0 Å². The Bertz CT molecular complexity index is 1270. The molecule has 0 atom stereocenters. The predicted molar refractivity (Wildman–Crippen MR) is 117 cm³/mol. The first-order valence-electron chi connectivity index (χ1n) is 9.32. The van der Waals surface area contributed by atoms with Gasteiger partial charge in [0.2, 0.25) is 0 Å². The van der Waals surface area contributed by atoms with Crippen molar-refractivity contribution in [3.8, 4) is 17.2 Å². The number of thioether (sulfide) groups is 1. The second kappa shape index (κ2) is 9.11. The molecule has 2 aromatic rings. The van der Waals surface area contributed by atoms with Gasteiger partial charge in [-0.1, -0.05) is 11.8 Å². The molecule has 1 saturated heterocycles. The summed E-state index contributed by atoms with van der Waals surface area (Å²) in [6.45, 7) is 3.04. The monoisotopic (exact) mass is 494 g/mol. The van der Waals surface area contributed by atoms with Crippen molar-refractivity contribution in [2.75, 3.05) is 17.6 Å². The second-order valence-electron chi connectivity index (χ2n) is 6.95. The normalized spacial score (nSPS) is 14.2. The first-order chi connectivity index (χ1) is 15.4. The molecule has 1 fully saturated rings. The van der Waals surface area contributed by atoms with Crippen LogP contribution in [0.1, 0.15) is 11.1 Å². The Hall–Kier alpha value is -3.58. The van der Waals surface area contributed by atoms with Gasteiger partial charge in [0.1, 0.15) is 22.1 Å². The minimum atomic E-state index is -4.52. The van der Waals surface area contributed by atoms with Crippen LogP contribution in [0.25, 0.3) is 0 Å². The molecule has 0 spiro atoms. The van der Waals surface area contributed by atoms with Crippen LogP contribution in [0.3, 0.4) is 0 Å². The number of aryl methyl sites for hydroxylation is 2. The summed E-state index contributed by atoms with van der Waals surface area (Å²) >= 11 is 0.719. The molecule has 11 nitrogen and oxygen atoms in total. The van der Waals surface area contributed by atoms with Crippen molar-refractivity contribution < 1.29 is 42.5 Å². The smallest absolute Gasteiger partial charge is 0.394 e. The van der Waals surface area contributed by atoms with Gasteiger partial charge >= 0.3 is 17.8 Å². The molecule has 1 heterocycles. The number of carbonyl (C=O) groups excluding carboxylic acids is 3. The summed E-state index contributed by atoms with van der Waals surface area (Å²) in [5, 5.41) is 20.2. The molecule has 1 aliphatic heterocycles. The number of hydrogen-bond acceptors (Lipinski definition) is 9. The van der Waals surface area contributed by atoms with Crippen LogP contribution in [-0.4, -0.2) is 58.1 Å². The van der Waals surface area contributed by atoms with Crippen LogP contribution in [0, 0.1) is 13.8 Å². The minimum Gasteiger partial charge on any atom is -0.507 e. The molecule has 0 unspecified atom stereocenters. The van der Waals surface area contributed by atoms with Gasteiger partial charge < -0.3 is 20.3 Å².